The summed E-state index contributed by atoms with van der Waals surface area (Å²) in [7, 11) is 0. The van der Waals surface area contributed by atoms with Crippen molar-refractivity contribution >= 4 is 49.8 Å². The lowest BCUT2D eigenvalue weighted by Gasteiger charge is -2.30. The third-order valence-electron chi connectivity index (χ3n) is 9.60. The molecule has 0 saturated heterocycles. The highest BCUT2D eigenvalue weighted by molar-refractivity contribution is 6.12. The van der Waals surface area contributed by atoms with E-state index in [0.29, 0.717) is 0 Å². The predicted octanol–water partition coefficient (Wildman–Crippen LogP) is 12.2. The fourth-order valence-corrected chi connectivity index (χ4v) is 7.58. The summed E-state index contributed by atoms with van der Waals surface area (Å²) < 4.78 is 6.70. The highest BCUT2D eigenvalue weighted by Gasteiger charge is 2.39. The Labute approximate surface area is 262 Å². The van der Waals surface area contributed by atoms with Crippen molar-refractivity contribution in [2.24, 2.45) is 0 Å². The van der Waals surface area contributed by atoms with Crippen molar-refractivity contribution in [2.75, 3.05) is 4.90 Å². The minimum absolute atomic E-state index is 0.162. The molecule has 0 fully saturated rings. The molecule has 0 spiro atoms. The topological polar surface area (TPSA) is 16.4 Å². The Hall–Kier alpha value is -5.60. The van der Waals surface area contributed by atoms with Crippen LogP contribution in [0.1, 0.15) is 25.0 Å². The number of hydrogen-bond donors (Lipinski definition) is 0. The molecule has 1 aliphatic carbocycles. The van der Waals surface area contributed by atoms with Crippen LogP contribution < -0.4 is 4.90 Å². The van der Waals surface area contributed by atoms with Crippen molar-refractivity contribution in [2.45, 2.75) is 19.3 Å². The van der Waals surface area contributed by atoms with Crippen molar-refractivity contribution in [3.63, 3.8) is 0 Å². The van der Waals surface area contributed by atoms with Gasteiger partial charge in [-0.1, -0.05) is 135 Å². The quantitative estimate of drug-likeness (QED) is 0.207. The zero-order valence-corrected chi connectivity index (χ0v) is 25.3. The monoisotopic (exact) mass is 577 g/mol. The second-order valence-corrected chi connectivity index (χ2v) is 12.5. The van der Waals surface area contributed by atoms with Gasteiger partial charge in [0.25, 0.3) is 0 Å². The van der Waals surface area contributed by atoms with Crippen molar-refractivity contribution in [3.8, 4) is 22.3 Å². The number of fused-ring (bicyclic) bond motifs is 8. The molecule has 0 saturated carbocycles. The minimum Gasteiger partial charge on any atom is -0.454 e. The van der Waals surface area contributed by atoms with Crippen molar-refractivity contribution in [3.05, 3.63) is 163 Å². The van der Waals surface area contributed by atoms with Gasteiger partial charge in [-0.25, -0.2) is 0 Å². The van der Waals surface area contributed by atoms with Gasteiger partial charge < -0.3 is 9.32 Å². The highest BCUT2D eigenvalue weighted by Crippen LogP contribution is 2.57. The van der Waals surface area contributed by atoms with Crippen LogP contribution in [0.5, 0.6) is 0 Å². The Balaban J connectivity index is 1.42. The molecule has 0 aliphatic heterocycles. The summed E-state index contributed by atoms with van der Waals surface area (Å²) >= 11 is 0. The van der Waals surface area contributed by atoms with Crippen LogP contribution >= 0.6 is 0 Å². The van der Waals surface area contributed by atoms with Gasteiger partial charge in [0, 0.05) is 27.4 Å². The van der Waals surface area contributed by atoms with Gasteiger partial charge in [-0.05, 0) is 68.9 Å². The number of para-hydroxylation sites is 2. The van der Waals surface area contributed by atoms with Crippen molar-refractivity contribution in [1.82, 2.24) is 0 Å². The maximum Gasteiger partial charge on any atom is 0.159 e. The zero-order valence-electron chi connectivity index (χ0n) is 25.3. The first-order chi connectivity index (χ1) is 22.1. The maximum atomic E-state index is 6.70. The molecule has 214 valence electrons. The second kappa shape index (κ2) is 9.70. The summed E-state index contributed by atoms with van der Waals surface area (Å²) in [6, 6.07) is 54.6. The average Bonchev–Trinajstić information content (AvgIpc) is 3.59. The molecular weight excluding hydrogens is 546 g/mol. The SMILES string of the molecule is CC1(C)c2ccccc2-c2c(N(c3cccc(-c4ccccc4)c3)c3cccc4c3oc3ccccc34)cc3ccccc3c21. The molecule has 1 heterocycles. The molecule has 0 radical (unpaired) electrons. The van der Waals surface area contributed by atoms with E-state index < -0.39 is 0 Å². The number of nitrogens with zero attached hydrogens (tertiary/aromatic N) is 1. The van der Waals surface area contributed by atoms with E-state index in [2.05, 4.69) is 164 Å². The van der Waals surface area contributed by atoms with Crippen molar-refractivity contribution in [1.29, 1.82) is 0 Å². The molecule has 45 heavy (non-hydrogen) atoms. The van der Waals surface area contributed by atoms with Crippen LogP contribution in [-0.2, 0) is 5.41 Å². The fraction of sp³-hybridized carbons (Fsp3) is 0.0698. The van der Waals surface area contributed by atoms with Gasteiger partial charge in [0.2, 0.25) is 0 Å². The Bertz CT molecular complexity index is 2410. The van der Waals surface area contributed by atoms with E-state index in [-0.39, 0.29) is 5.41 Å². The molecular formula is C43H31NO. The van der Waals surface area contributed by atoms with E-state index in [9.17, 15) is 0 Å². The van der Waals surface area contributed by atoms with Gasteiger partial charge in [0.05, 0.1) is 11.4 Å². The smallest absolute Gasteiger partial charge is 0.159 e. The van der Waals surface area contributed by atoms with Crippen molar-refractivity contribution < 1.29 is 4.42 Å². The molecule has 7 aromatic carbocycles. The summed E-state index contributed by atoms with van der Waals surface area (Å²) in [5.41, 5.74) is 12.6. The van der Waals surface area contributed by atoms with Crippen LogP contribution in [0.3, 0.4) is 0 Å². The summed E-state index contributed by atoms with van der Waals surface area (Å²) in [4.78, 5) is 2.43. The molecule has 8 aromatic rings. The number of furan rings is 1. The molecule has 2 heteroatoms. The van der Waals surface area contributed by atoms with Crippen LogP contribution in [0, 0.1) is 0 Å². The fourth-order valence-electron chi connectivity index (χ4n) is 7.58. The van der Waals surface area contributed by atoms with E-state index >= 15 is 0 Å². The van der Waals surface area contributed by atoms with Crippen LogP contribution in [0.25, 0.3) is 55.0 Å². The summed E-state index contributed by atoms with van der Waals surface area (Å²) in [6.45, 7) is 4.74. The average molecular weight is 578 g/mol. The Morgan fingerprint density at radius 2 is 1.22 bits per heavy atom. The molecule has 1 aliphatic rings. The van der Waals surface area contributed by atoms with Crippen LogP contribution in [0.15, 0.2) is 156 Å². The zero-order chi connectivity index (χ0) is 30.1. The Kier molecular flexibility index (Phi) is 5.58. The Morgan fingerprint density at radius 3 is 2.11 bits per heavy atom. The molecule has 0 amide bonds. The summed E-state index contributed by atoms with van der Waals surface area (Å²) in [5, 5.41) is 4.78. The van der Waals surface area contributed by atoms with Gasteiger partial charge in [-0.15, -0.1) is 0 Å². The van der Waals surface area contributed by atoms with Gasteiger partial charge in [0.1, 0.15) is 5.58 Å². The lowest BCUT2D eigenvalue weighted by Crippen LogP contribution is -2.17. The second-order valence-electron chi connectivity index (χ2n) is 12.5. The Morgan fingerprint density at radius 1 is 0.533 bits per heavy atom. The maximum absolute atomic E-state index is 6.70. The van der Waals surface area contributed by atoms with Gasteiger partial charge >= 0.3 is 0 Å². The first-order valence-corrected chi connectivity index (χ1v) is 15.6. The number of rotatable bonds is 4. The van der Waals surface area contributed by atoms with E-state index in [1.807, 2.05) is 6.07 Å². The number of anilines is 3. The largest absolute Gasteiger partial charge is 0.454 e. The first kappa shape index (κ1) is 25.9. The van der Waals surface area contributed by atoms with Crippen LogP contribution in [-0.4, -0.2) is 0 Å². The van der Waals surface area contributed by atoms with E-state index in [1.165, 1.54) is 44.2 Å². The van der Waals surface area contributed by atoms with Gasteiger partial charge in [0.15, 0.2) is 5.58 Å². The minimum atomic E-state index is -0.162. The van der Waals surface area contributed by atoms with E-state index in [4.69, 9.17) is 4.42 Å². The molecule has 0 unspecified atom stereocenters. The molecule has 2 nitrogen and oxygen atoms in total. The van der Waals surface area contributed by atoms with Gasteiger partial charge in [-0.3, -0.25) is 0 Å². The first-order valence-electron chi connectivity index (χ1n) is 15.6. The standard InChI is InChI=1S/C43H31NO/c1-43(2)36-23-10-8-21-35(36)40-38(27-30-16-6-7-19-32(30)41(40)43)44(31-18-12-17-29(26-31)28-14-4-3-5-15-28)37-24-13-22-34-33-20-9-11-25-39(33)45-42(34)37/h3-27H,1-2H3. The molecule has 0 atom stereocenters. The predicted molar refractivity (Wildman–Crippen MR) is 189 cm³/mol. The lowest BCUT2D eigenvalue weighted by molar-refractivity contribution is 0.666. The van der Waals surface area contributed by atoms with E-state index in [1.54, 1.807) is 0 Å². The molecule has 1 aromatic heterocycles. The molecule has 0 bridgehead atoms. The number of benzene rings is 7. The highest BCUT2D eigenvalue weighted by atomic mass is 16.3. The number of hydrogen-bond acceptors (Lipinski definition) is 2. The van der Waals surface area contributed by atoms with E-state index in [0.717, 1.165) is 39.0 Å². The van der Waals surface area contributed by atoms with Gasteiger partial charge in [-0.2, -0.15) is 0 Å². The van der Waals surface area contributed by atoms with Crippen LogP contribution in [0.4, 0.5) is 17.1 Å². The third-order valence-corrected chi connectivity index (χ3v) is 9.60. The molecule has 0 N–H and O–H groups in total. The third kappa shape index (κ3) is 3.82. The lowest BCUT2D eigenvalue weighted by atomic mass is 9.80. The normalized spacial score (nSPS) is 13.3. The van der Waals surface area contributed by atoms with Crippen LogP contribution in [0.2, 0.25) is 0 Å². The summed E-state index contributed by atoms with van der Waals surface area (Å²) in [6.07, 6.45) is 0. The molecule has 9 rings (SSSR count). The summed E-state index contributed by atoms with van der Waals surface area (Å²) in [5.74, 6) is 0.